The van der Waals surface area contributed by atoms with Crippen LogP contribution in [0.5, 0.6) is 0 Å². The van der Waals surface area contributed by atoms with E-state index in [1.54, 1.807) is 17.0 Å². The van der Waals surface area contributed by atoms with E-state index < -0.39 is 11.7 Å². The number of ketones is 1. The van der Waals surface area contributed by atoms with Crippen LogP contribution in [0.15, 0.2) is 65.9 Å². The zero-order valence-corrected chi connectivity index (χ0v) is 19.1. The molecule has 2 aromatic carbocycles. The fourth-order valence-electron chi connectivity index (χ4n) is 4.82. The summed E-state index contributed by atoms with van der Waals surface area (Å²) in [6.07, 6.45) is 3.25. The molecular formula is C27H29FN2O2. The molecule has 0 saturated carbocycles. The van der Waals surface area contributed by atoms with E-state index in [-0.39, 0.29) is 5.82 Å². The minimum atomic E-state index is -0.497. The molecule has 2 aromatic rings. The molecule has 5 heteroatoms. The molecule has 0 unspecified atom stereocenters. The molecule has 1 saturated heterocycles. The number of hydrogen-bond donors (Lipinski definition) is 0. The lowest BCUT2D eigenvalue weighted by molar-refractivity contribution is -0.139. The molecule has 2 aliphatic rings. The first-order chi connectivity index (χ1) is 15.3. The normalized spacial score (nSPS) is 16.2. The van der Waals surface area contributed by atoms with Crippen LogP contribution in [-0.2, 0) is 16.1 Å². The summed E-state index contributed by atoms with van der Waals surface area (Å²) < 4.78 is 13.4. The maximum Gasteiger partial charge on any atom is 0.299 e. The summed E-state index contributed by atoms with van der Waals surface area (Å²) in [4.78, 5) is 29.5. The van der Waals surface area contributed by atoms with E-state index in [1.807, 2.05) is 18.2 Å². The molecule has 1 heterocycles. The van der Waals surface area contributed by atoms with Crippen LogP contribution >= 0.6 is 0 Å². The minimum absolute atomic E-state index is 0.307. The van der Waals surface area contributed by atoms with Crippen LogP contribution < -0.4 is 4.90 Å². The van der Waals surface area contributed by atoms with Gasteiger partial charge in [0.25, 0.3) is 11.7 Å². The predicted molar refractivity (Wildman–Crippen MR) is 125 cm³/mol. The largest absolute Gasteiger partial charge is 0.367 e. The van der Waals surface area contributed by atoms with Gasteiger partial charge in [-0.25, -0.2) is 4.39 Å². The van der Waals surface area contributed by atoms with Crippen molar-refractivity contribution >= 4 is 23.0 Å². The lowest BCUT2D eigenvalue weighted by atomic mass is 9.90. The molecule has 0 spiro atoms. The fourth-order valence-corrected chi connectivity index (χ4v) is 4.82. The Hall–Kier alpha value is -3.21. The van der Waals surface area contributed by atoms with Crippen LogP contribution in [0.2, 0.25) is 0 Å². The summed E-state index contributed by atoms with van der Waals surface area (Å²) >= 11 is 0. The van der Waals surface area contributed by atoms with Gasteiger partial charge in [0.2, 0.25) is 0 Å². The maximum absolute atomic E-state index is 13.4. The summed E-state index contributed by atoms with van der Waals surface area (Å²) in [6.45, 7) is 9.00. The van der Waals surface area contributed by atoms with E-state index in [2.05, 4.69) is 44.7 Å². The molecule has 1 aliphatic carbocycles. The number of benzene rings is 2. The average molecular weight is 433 g/mol. The summed E-state index contributed by atoms with van der Waals surface area (Å²) in [5, 5.41) is 0. The van der Waals surface area contributed by atoms with Crippen molar-refractivity contribution in [1.82, 2.24) is 4.90 Å². The van der Waals surface area contributed by atoms with Crippen molar-refractivity contribution < 1.29 is 14.0 Å². The van der Waals surface area contributed by atoms with Crippen molar-refractivity contribution in [3.8, 4) is 0 Å². The number of carbonyl (C=O) groups is 2. The SMILES string of the molecule is CC(C)N(c1ccc(CN2C(=O)C(=O)C3=CCCC(c4ccc(F)cc4)=C32)cc1)C(C)C. The molecule has 4 nitrogen and oxygen atoms in total. The monoisotopic (exact) mass is 432 g/mol. The van der Waals surface area contributed by atoms with Gasteiger partial charge in [-0.1, -0.05) is 30.3 Å². The second-order valence-electron chi connectivity index (χ2n) is 8.97. The van der Waals surface area contributed by atoms with Crippen LogP contribution in [-0.4, -0.2) is 28.7 Å². The lowest BCUT2D eigenvalue weighted by Gasteiger charge is -2.33. The van der Waals surface area contributed by atoms with Crippen molar-refractivity contribution in [2.24, 2.45) is 0 Å². The highest BCUT2D eigenvalue weighted by Gasteiger charge is 2.41. The van der Waals surface area contributed by atoms with Gasteiger partial charge in [-0.15, -0.1) is 0 Å². The number of Topliss-reactive ketones (excluding diaryl/α,β-unsaturated/α-hetero) is 1. The standard InChI is InChI=1S/C27H29FN2O2/c1-17(2)30(18(3)4)22-14-8-19(9-15-22)16-29-25-23(20-10-12-21(28)13-11-20)6-5-7-24(25)26(31)27(29)32/h7-15,17-18H,5-6,16H2,1-4H3. The van der Waals surface area contributed by atoms with Crippen molar-refractivity contribution in [2.75, 3.05) is 4.90 Å². The van der Waals surface area contributed by atoms with Crippen LogP contribution in [0.1, 0.15) is 51.7 Å². The Labute approximate surface area is 189 Å². The smallest absolute Gasteiger partial charge is 0.299 e. The number of carbonyl (C=O) groups excluding carboxylic acids is 2. The Bertz CT molecular complexity index is 1090. The Morgan fingerprint density at radius 3 is 2.16 bits per heavy atom. The van der Waals surface area contributed by atoms with E-state index in [4.69, 9.17) is 0 Å². The van der Waals surface area contributed by atoms with Gasteiger partial charge in [-0.3, -0.25) is 9.59 Å². The third-order valence-electron chi connectivity index (χ3n) is 6.12. The van der Waals surface area contributed by atoms with Gasteiger partial charge < -0.3 is 9.80 Å². The van der Waals surface area contributed by atoms with Crippen molar-refractivity contribution in [3.05, 3.63) is 82.8 Å². The van der Waals surface area contributed by atoms with Gasteiger partial charge in [-0.2, -0.15) is 0 Å². The van der Waals surface area contributed by atoms with Crippen LogP contribution in [0.25, 0.3) is 5.57 Å². The highest BCUT2D eigenvalue weighted by molar-refractivity contribution is 6.47. The second kappa shape index (κ2) is 8.73. The van der Waals surface area contributed by atoms with E-state index in [1.165, 1.54) is 12.1 Å². The van der Waals surface area contributed by atoms with Gasteiger partial charge in [0.05, 0.1) is 12.2 Å². The molecule has 1 fully saturated rings. The molecule has 1 amide bonds. The quantitative estimate of drug-likeness (QED) is 0.567. The highest BCUT2D eigenvalue weighted by Crippen LogP contribution is 2.40. The van der Waals surface area contributed by atoms with Crippen LogP contribution in [0.4, 0.5) is 10.1 Å². The van der Waals surface area contributed by atoms with Crippen molar-refractivity contribution in [3.63, 3.8) is 0 Å². The fraction of sp³-hybridized carbons (Fsp3) is 0.333. The zero-order valence-electron chi connectivity index (χ0n) is 19.1. The first-order valence-corrected chi connectivity index (χ1v) is 11.2. The number of allylic oxidation sites excluding steroid dienone is 3. The summed E-state index contributed by atoms with van der Waals surface area (Å²) in [5.41, 5.74) is 5.01. The number of anilines is 1. The summed E-state index contributed by atoms with van der Waals surface area (Å²) in [6, 6.07) is 15.2. The molecule has 32 heavy (non-hydrogen) atoms. The molecule has 0 N–H and O–H groups in total. The molecule has 0 radical (unpaired) electrons. The van der Waals surface area contributed by atoms with Gasteiger partial charge >= 0.3 is 0 Å². The van der Waals surface area contributed by atoms with Gasteiger partial charge in [0.15, 0.2) is 0 Å². The topological polar surface area (TPSA) is 40.6 Å². The van der Waals surface area contributed by atoms with Crippen molar-refractivity contribution in [2.45, 2.75) is 59.2 Å². The highest BCUT2D eigenvalue weighted by atomic mass is 19.1. The van der Waals surface area contributed by atoms with Gasteiger partial charge in [0, 0.05) is 23.3 Å². The third-order valence-corrected chi connectivity index (χ3v) is 6.12. The Morgan fingerprint density at radius 1 is 0.938 bits per heavy atom. The van der Waals surface area contributed by atoms with Gasteiger partial charge in [0.1, 0.15) is 5.82 Å². The minimum Gasteiger partial charge on any atom is -0.367 e. The predicted octanol–water partition coefficient (Wildman–Crippen LogP) is 5.49. The molecular weight excluding hydrogens is 403 g/mol. The van der Waals surface area contributed by atoms with Crippen LogP contribution in [0.3, 0.4) is 0 Å². The van der Waals surface area contributed by atoms with E-state index in [0.717, 1.165) is 22.4 Å². The van der Waals surface area contributed by atoms with E-state index >= 15 is 0 Å². The first-order valence-electron chi connectivity index (χ1n) is 11.2. The first kappa shape index (κ1) is 22.0. The Balaban J connectivity index is 1.68. The average Bonchev–Trinajstić information content (AvgIpc) is 3.00. The lowest BCUT2D eigenvalue weighted by Crippen LogP contribution is -2.36. The number of amides is 1. The molecule has 0 atom stereocenters. The van der Waals surface area contributed by atoms with Crippen LogP contribution in [0, 0.1) is 5.82 Å². The molecule has 1 aliphatic heterocycles. The zero-order chi connectivity index (χ0) is 23.0. The Morgan fingerprint density at radius 2 is 1.56 bits per heavy atom. The van der Waals surface area contributed by atoms with Crippen molar-refractivity contribution in [1.29, 1.82) is 0 Å². The third kappa shape index (κ3) is 3.99. The molecule has 4 rings (SSSR count). The Kier molecular flexibility index (Phi) is 6.00. The summed E-state index contributed by atoms with van der Waals surface area (Å²) in [5.74, 6) is -1.26. The number of hydrogen-bond acceptors (Lipinski definition) is 3. The number of rotatable bonds is 6. The molecule has 0 bridgehead atoms. The number of nitrogens with zero attached hydrogens (tertiary/aromatic N) is 2. The number of fused-ring (bicyclic) bond motifs is 1. The number of likely N-dealkylation sites (tertiary alicyclic amines) is 1. The van der Waals surface area contributed by atoms with E-state index in [0.29, 0.717) is 42.7 Å². The molecule has 166 valence electrons. The molecule has 0 aromatic heterocycles. The maximum atomic E-state index is 13.4. The second-order valence-corrected chi connectivity index (χ2v) is 8.97. The van der Waals surface area contributed by atoms with Gasteiger partial charge in [-0.05, 0) is 81.5 Å². The van der Waals surface area contributed by atoms with E-state index in [9.17, 15) is 14.0 Å². The number of halogens is 1. The summed E-state index contributed by atoms with van der Waals surface area (Å²) in [7, 11) is 0.